The average Bonchev–Trinajstić information content (AvgIpc) is 2.62. The summed E-state index contributed by atoms with van der Waals surface area (Å²) in [4.78, 5) is 21.9. The fraction of sp³-hybridized carbons (Fsp3) is 0.125. The molecular formula is C16H14IN3O6. The number of nitrogens with zero attached hydrogens (tertiary/aromatic N) is 2. The largest absolute Gasteiger partial charge is 0.500 e. The van der Waals surface area contributed by atoms with Crippen LogP contribution in [0.15, 0.2) is 41.5 Å². The number of aromatic hydroxyl groups is 1. The number of hydrogen-bond acceptors (Lipinski definition) is 7. The number of phenols is 1. The number of benzene rings is 2. The third kappa shape index (κ3) is 5.31. The number of halogens is 1. The summed E-state index contributed by atoms with van der Waals surface area (Å²) in [5, 5.41) is 24.3. The van der Waals surface area contributed by atoms with E-state index in [0.29, 0.717) is 5.75 Å². The first kappa shape index (κ1) is 19.4. The molecule has 2 aromatic rings. The van der Waals surface area contributed by atoms with E-state index in [2.05, 4.69) is 33.1 Å². The molecule has 0 aromatic heterocycles. The Morgan fingerprint density at radius 2 is 2.08 bits per heavy atom. The van der Waals surface area contributed by atoms with Crippen LogP contribution >= 0.6 is 22.6 Å². The Morgan fingerprint density at radius 1 is 1.38 bits per heavy atom. The number of hydrogen-bond donors (Lipinski definition) is 2. The van der Waals surface area contributed by atoms with Gasteiger partial charge in [0.15, 0.2) is 12.4 Å². The van der Waals surface area contributed by atoms with Gasteiger partial charge in [0.2, 0.25) is 5.75 Å². The summed E-state index contributed by atoms with van der Waals surface area (Å²) in [6.45, 7) is -0.239. The zero-order valence-electron chi connectivity index (χ0n) is 13.5. The molecule has 0 aliphatic rings. The van der Waals surface area contributed by atoms with Crippen LogP contribution < -0.4 is 14.9 Å². The maximum absolute atomic E-state index is 11.7. The zero-order chi connectivity index (χ0) is 19.1. The van der Waals surface area contributed by atoms with Crippen LogP contribution in [0.4, 0.5) is 5.69 Å². The first-order valence-electron chi connectivity index (χ1n) is 7.16. The number of nitrogens with one attached hydrogen (secondary N) is 1. The minimum Gasteiger partial charge on any atom is -0.500 e. The highest BCUT2D eigenvalue weighted by Gasteiger charge is 2.19. The minimum absolute atomic E-state index is 0.0750. The number of amides is 1. The van der Waals surface area contributed by atoms with Gasteiger partial charge in [-0.1, -0.05) is 0 Å². The summed E-state index contributed by atoms with van der Waals surface area (Å²) in [5.41, 5.74) is 1.98. The number of methoxy groups -OCH3 is 1. The highest BCUT2D eigenvalue weighted by atomic mass is 127. The van der Waals surface area contributed by atoms with Crippen LogP contribution in [-0.2, 0) is 4.79 Å². The van der Waals surface area contributed by atoms with Crippen LogP contribution in [0, 0.1) is 13.7 Å². The number of phenolic OH excluding ortho intramolecular Hbond substituents is 1. The number of nitro groups is 1. The molecule has 0 radical (unpaired) electrons. The molecule has 0 heterocycles. The molecule has 0 unspecified atom stereocenters. The lowest BCUT2D eigenvalue weighted by Gasteiger charge is -2.06. The molecule has 136 valence electrons. The van der Waals surface area contributed by atoms with Gasteiger partial charge in [-0.3, -0.25) is 14.9 Å². The van der Waals surface area contributed by atoms with Crippen molar-refractivity contribution in [3.63, 3.8) is 0 Å². The molecule has 26 heavy (non-hydrogen) atoms. The summed E-state index contributed by atoms with van der Waals surface area (Å²) in [6, 6.07) is 9.62. The van der Waals surface area contributed by atoms with E-state index in [4.69, 9.17) is 9.47 Å². The van der Waals surface area contributed by atoms with E-state index in [9.17, 15) is 20.0 Å². The van der Waals surface area contributed by atoms with Gasteiger partial charge in [0.05, 0.1) is 18.2 Å². The number of nitro benzene ring substituents is 1. The van der Waals surface area contributed by atoms with Gasteiger partial charge >= 0.3 is 5.69 Å². The van der Waals surface area contributed by atoms with Crippen LogP contribution in [0.5, 0.6) is 17.2 Å². The van der Waals surface area contributed by atoms with E-state index in [1.165, 1.54) is 19.4 Å². The van der Waals surface area contributed by atoms with Gasteiger partial charge in [-0.25, -0.2) is 5.43 Å². The van der Waals surface area contributed by atoms with Gasteiger partial charge in [-0.05, 0) is 52.9 Å². The lowest BCUT2D eigenvalue weighted by atomic mass is 10.2. The van der Waals surface area contributed by atoms with Crippen LogP contribution in [-0.4, -0.2) is 35.9 Å². The highest BCUT2D eigenvalue weighted by Crippen LogP contribution is 2.36. The summed E-state index contributed by atoms with van der Waals surface area (Å²) in [5.74, 6) is -0.609. The van der Waals surface area contributed by atoms with Crippen molar-refractivity contribution in [1.29, 1.82) is 0 Å². The molecule has 2 N–H and O–H groups in total. The van der Waals surface area contributed by atoms with E-state index < -0.39 is 22.3 Å². The number of rotatable bonds is 7. The van der Waals surface area contributed by atoms with Crippen molar-refractivity contribution >= 4 is 40.4 Å². The molecule has 1 amide bonds. The van der Waals surface area contributed by atoms with E-state index in [1.54, 1.807) is 12.1 Å². The molecule has 2 aromatic carbocycles. The number of carbonyl (C=O) groups excluding carboxylic acids is 1. The molecule has 0 atom stereocenters. The van der Waals surface area contributed by atoms with Crippen molar-refractivity contribution in [1.82, 2.24) is 5.43 Å². The highest BCUT2D eigenvalue weighted by molar-refractivity contribution is 14.1. The van der Waals surface area contributed by atoms with Crippen molar-refractivity contribution in [2.24, 2.45) is 5.10 Å². The molecule has 0 aliphatic carbocycles. The fourth-order valence-corrected chi connectivity index (χ4v) is 2.23. The first-order chi connectivity index (χ1) is 12.4. The van der Waals surface area contributed by atoms with Crippen LogP contribution in [0.25, 0.3) is 0 Å². The Balaban J connectivity index is 1.96. The number of hydrazone groups is 1. The Kier molecular flexibility index (Phi) is 6.72. The molecule has 0 aliphatic heterocycles. The predicted octanol–water partition coefficient (Wildman–Crippen LogP) is 2.44. The molecule has 2 rings (SSSR count). The second kappa shape index (κ2) is 8.99. The number of ether oxygens (including phenoxy) is 2. The quantitative estimate of drug-likeness (QED) is 0.277. The minimum atomic E-state index is -0.747. The average molecular weight is 471 g/mol. The van der Waals surface area contributed by atoms with Crippen LogP contribution in [0.3, 0.4) is 0 Å². The van der Waals surface area contributed by atoms with E-state index >= 15 is 0 Å². The van der Waals surface area contributed by atoms with Gasteiger partial charge in [0, 0.05) is 15.2 Å². The van der Waals surface area contributed by atoms with E-state index in [0.717, 1.165) is 9.64 Å². The Morgan fingerprint density at radius 3 is 2.69 bits per heavy atom. The maximum Gasteiger partial charge on any atom is 0.315 e. The van der Waals surface area contributed by atoms with Crippen molar-refractivity contribution in [2.75, 3.05) is 13.7 Å². The van der Waals surface area contributed by atoms with Crippen molar-refractivity contribution in [3.05, 3.63) is 55.6 Å². The molecular weight excluding hydrogens is 457 g/mol. The SMILES string of the molecule is COc1cc(/C=N/NC(=O)COc2ccc(I)cc2)cc([N+](=O)[O-])c1O. The third-order valence-corrected chi connectivity index (χ3v) is 3.80. The zero-order valence-corrected chi connectivity index (χ0v) is 15.7. The molecule has 0 bridgehead atoms. The van der Waals surface area contributed by atoms with Crippen molar-refractivity contribution < 1.29 is 24.3 Å². The normalized spacial score (nSPS) is 10.5. The first-order valence-corrected chi connectivity index (χ1v) is 8.24. The van der Waals surface area contributed by atoms with Crippen LogP contribution in [0.2, 0.25) is 0 Å². The van der Waals surface area contributed by atoms with Crippen molar-refractivity contribution in [3.8, 4) is 17.2 Å². The Bertz CT molecular complexity index is 839. The number of carbonyl (C=O) groups is 1. The Labute approximate surface area is 161 Å². The summed E-state index contributed by atoms with van der Waals surface area (Å²) in [6.07, 6.45) is 1.19. The topological polar surface area (TPSA) is 123 Å². The van der Waals surface area contributed by atoms with Gasteiger partial charge in [0.1, 0.15) is 5.75 Å². The second-order valence-corrected chi connectivity index (χ2v) is 6.13. The van der Waals surface area contributed by atoms with Gasteiger partial charge in [0.25, 0.3) is 5.91 Å². The summed E-state index contributed by atoms with van der Waals surface area (Å²) in [7, 11) is 1.27. The lowest BCUT2D eigenvalue weighted by molar-refractivity contribution is -0.386. The molecule has 0 spiro atoms. The molecule has 0 saturated carbocycles. The Hall–Kier alpha value is -2.89. The molecule has 9 nitrogen and oxygen atoms in total. The van der Waals surface area contributed by atoms with E-state index in [1.807, 2.05) is 12.1 Å². The standard InChI is InChI=1S/C16H14IN3O6/c1-25-14-7-10(6-13(16(14)22)20(23)24)8-18-19-15(21)9-26-12-4-2-11(17)3-5-12/h2-8,22H,9H2,1H3,(H,19,21)/b18-8+. The second-order valence-electron chi connectivity index (χ2n) is 4.88. The lowest BCUT2D eigenvalue weighted by Crippen LogP contribution is -2.24. The van der Waals surface area contributed by atoms with Gasteiger partial charge < -0.3 is 14.6 Å². The molecule has 0 saturated heterocycles. The summed E-state index contributed by atoms with van der Waals surface area (Å²) < 4.78 is 11.2. The van der Waals surface area contributed by atoms with Gasteiger partial charge in [-0.2, -0.15) is 5.10 Å². The smallest absolute Gasteiger partial charge is 0.315 e. The maximum atomic E-state index is 11.7. The predicted molar refractivity (Wildman–Crippen MR) is 102 cm³/mol. The van der Waals surface area contributed by atoms with E-state index in [-0.39, 0.29) is 17.9 Å². The third-order valence-electron chi connectivity index (χ3n) is 3.08. The van der Waals surface area contributed by atoms with Crippen LogP contribution in [0.1, 0.15) is 5.56 Å². The fourth-order valence-electron chi connectivity index (χ4n) is 1.87. The monoisotopic (exact) mass is 471 g/mol. The molecule has 10 heteroatoms. The molecule has 0 fully saturated rings. The van der Waals surface area contributed by atoms with Crippen molar-refractivity contribution in [2.45, 2.75) is 0 Å². The summed E-state index contributed by atoms with van der Waals surface area (Å²) >= 11 is 2.15. The van der Waals surface area contributed by atoms with Gasteiger partial charge in [-0.15, -0.1) is 0 Å².